The summed E-state index contributed by atoms with van der Waals surface area (Å²) in [5.74, 6) is 5.98. The minimum atomic E-state index is -0.0792. The molecule has 1 saturated carbocycles. The number of carbonyl (C=O) groups is 1. The van der Waals surface area contributed by atoms with Gasteiger partial charge in [-0.1, -0.05) is 19.8 Å². The van der Waals surface area contributed by atoms with E-state index < -0.39 is 0 Å². The Bertz CT molecular complexity index is 421. The van der Waals surface area contributed by atoms with Crippen molar-refractivity contribution in [1.82, 2.24) is 10.3 Å². The number of carbonyl (C=O) groups excluding carboxylic acids is 1. The summed E-state index contributed by atoms with van der Waals surface area (Å²) < 4.78 is 0. The molecule has 0 spiro atoms. The molecule has 5 heteroatoms. The molecule has 0 bridgehead atoms. The standard InChI is InChI=1S/C13H20N4O/c1-9-3-2-4-10(7-9)16-13(18)11-5-6-15-8-12(11)17-14/h5-6,8-10,17H,2-4,7,14H2,1H3,(H,16,18). The predicted molar refractivity (Wildman–Crippen MR) is 70.9 cm³/mol. The van der Waals surface area contributed by atoms with Crippen LogP contribution in [0.15, 0.2) is 18.5 Å². The summed E-state index contributed by atoms with van der Waals surface area (Å²) in [6, 6.07) is 1.96. The Labute approximate surface area is 107 Å². The summed E-state index contributed by atoms with van der Waals surface area (Å²) in [5, 5.41) is 3.08. The van der Waals surface area contributed by atoms with E-state index in [0.717, 1.165) is 12.8 Å². The number of anilines is 1. The second-order valence-corrected chi connectivity index (χ2v) is 5.01. The summed E-state index contributed by atoms with van der Waals surface area (Å²) in [6.07, 6.45) is 7.72. The van der Waals surface area contributed by atoms with Gasteiger partial charge in [0.2, 0.25) is 0 Å². The average Bonchev–Trinajstić information content (AvgIpc) is 2.38. The van der Waals surface area contributed by atoms with E-state index in [1.807, 2.05) is 0 Å². The zero-order chi connectivity index (χ0) is 13.0. The lowest BCUT2D eigenvalue weighted by Crippen LogP contribution is -2.38. The molecule has 2 rings (SSSR count). The van der Waals surface area contributed by atoms with E-state index in [-0.39, 0.29) is 11.9 Å². The number of hydrogen-bond acceptors (Lipinski definition) is 4. The van der Waals surface area contributed by atoms with Crippen LogP contribution in [0.5, 0.6) is 0 Å². The SMILES string of the molecule is CC1CCCC(NC(=O)c2ccncc2NN)C1. The number of hydrogen-bond donors (Lipinski definition) is 3. The molecule has 0 saturated heterocycles. The number of hydrazine groups is 1. The molecule has 5 nitrogen and oxygen atoms in total. The van der Waals surface area contributed by atoms with Crippen molar-refractivity contribution in [3.8, 4) is 0 Å². The number of nitrogen functional groups attached to an aromatic ring is 1. The Balaban J connectivity index is 2.03. The first-order valence-electron chi connectivity index (χ1n) is 6.42. The van der Waals surface area contributed by atoms with Crippen molar-refractivity contribution in [2.45, 2.75) is 38.6 Å². The van der Waals surface area contributed by atoms with Crippen molar-refractivity contribution in [2.75, 3.05) is 5.43 Å². The van der Waals surface area contributed by atoms with E-state index in [0.29, 0.717) is 17.2 Å². The van der Waals surface area contributed by atoms with Gasteiger partial charge in [0.05, 0.1) is 17.4 Å². The fourth-order valence-electron chi connectivity index (χ4n) is 2.54. The van der Waals surface area contributed by atoms with Crippen LogP contribution in [-0.2, 0) is 0 Å². The highest BCUT2D eigenvalue weighted by Crippen LogP contribution is 2.24. The Morgan fingerprint density at radius 2 is 2.33 bits per heavy atom. The number of nitrogens with two attached hydrogens (primary N) is 1. The van der Waals surface area contributed by atoms with Crippen molar-refractivity contribution in [1.29, 1.82) is 0 Å². The molecule has 1 fully saturated rings. The monoisotopic (exact) mass is 248 g/mol. The van der Waals surface area contributed by atoms with Gasteiger partial charge in [-0.05, 0) is 24.8 Å². The molecule has 1 aromatic heterocycles. The van der Waals surface area contributed by atoms with Crippen LogP contribution in [0.25, 0.3) is 0 Å². The lowest BCUT2D eigenvalue weighted by Gasteiger charge is -2.27. The zero-order valence-electron chi connectivity index (χ0n) is 10.6. The van der Waals surface area contributed by atoms with Crippen LogP contribution in [0, 0.1) is 5.92 Å². The summed E-state index contributed by atoms with van der Waals surface area (Å²) in [7, 11) is 0. The van der Waals surface area contributed by atoms with Crippen LogP contribution in [0.2, 0.25) is 0 Å². The summed E-state index contributed by atoms with van der Waals surface area (Å²) in [5.41, 5.74) is 3.60. The van der Waals surface area contributed by atoms with Gasteiger partial charge in [0, 0.05) is 12.2 Å². The van der Waals surface area contributed by atoms with Gasteiger partial charge in [-0.25, -0.2) is 0 Å². The minimum Gasteiger partial charge on any atom is -0.349 e. The van der Waals surface area contributed by atoms with Gasteiger partial charge in [-0.15, -0.1) is 0 Å². The Morgan fingerprint density at radius 3 is 3.06 bits per heavy atom. The Kier molecular flexibility index (Phi) is 4.15. The molecule has 1 heterocycles. The smallest absolute Gasteiger partial charge is 0.253 e. The van der Waals surface area contributed by atoms with Gasteiger partial charge in [0.15, 0.2) is 0 Å². The highest BCUT2D eigenvalue weighted by atomic mass is 16.1. The highest BCUT2D eigenvalue weighted by molar-refractivity contribution is 5.99. The molecule has 1 amide bonds. The molecule has 0 radical (unpaired) electrons. The van der Waals surface area contributed by atoms with Crippen molar-refractivity contribution in [3.63, 3.8) is 0 Å². The van der Waals surface area contributed by atoms with Gasteiger partial charge in [-0.3, -0.25) is 15.6 Å². The number of aromatic nitrogens is 1. The minimum absolute atomic E-state index is 0.0792. The van der Waals surface area contributed by atoms with Gasteiger partial charge in [-0.2, -0.15) is 0 Å². The van der Waals surface area contributed by atoms with E-state index in [2.05, 4.69) is 22.7 Å². The topological polar surface area (TPSA) is 80.0 Å². The van der Waals surface area contributed by atoms with Crippen molar-refractivity contribution < 1.29 is 4.79 Å². The maximum absolute atomic E-state index is 12.2. The van der Waals surface area contributed by atoms with E-state index in [4.69, 9.17) is 5.84 Å². The second kappa shape index (κ2) is 5.82. The fourth-order valence-corrected chi connectivity index (χ4v) is 2.54. The molecular formula is C13H20N4O. The first-order valence-corrected chi connectivity index (χ1v) is 6.42. The van der Waals surface area contributed by atoms with Crippen LogP contribution < -0.4 is 16.6 Å². The quantitative estimate of drug-likeness (QED) is 0.561. The van der Waals surface area contributed by atoms with E-state index in [9.17, 15) is 4.79 Å². The summed E-state index contributed by atoms with van der Waals surface area (Å²) in [4.78, 5) is 16.1. The van der Waals surface area contributed by atoms with Crippen LogP contribution in [0.1, 0.15) is 43.0 Å². The number of amides is 1. The molecule has 18 heavy (non-hydrogen) atoms. The number of rotatable bonds is 3. The average molecular weight is 248 g/mol. The first-order chi connectivity index (χ1) is 8.70. The van der Waals surface area contributed by atoms with Crippen LogP contribution >= 0.6 is 0 Å². The van der Waals surface area contributed by atoms with Gasteiger partial charge in [0.1, 0.15) is 0 Å². The van der Waals surface area contributed by atoms with Crippen LogP contribution in [-0.4, -0.2) is 16.9 Å². The molecule has 0 aliphatic heterocycles. The van der Waals surface area contributed by atoms with Crippen molar-refractivity contribution >= 4 is 11.6 Å². The van der Waals surface area contributed by atoms with Gasteiger partial charge >= 0.3 is 0 Å². The van der Waals surface area contributed by atoms with Crippen LogP contribution in [0.3, 0.4) is 0 Å². The van der Waals surface area contributed by atoms with Gasteiger partial charge in [0.25, 0.3) is 5.91 Å². The van der Waals surface area contributed by atoms with Gasteiger partial charge < -0.3 is 10.7 Å². The maximum atomic E-state index is 12.2. The number of pyridine rings is 1. The lowest BCUT2D eigenvalue weighted by atomic mass is 9.87. The zero-order valence-corrected chi connectivity index (χ0v) is 10.6. The lowest BCUT2D eigenvalue weighted by molar-refractivity contribution is 0.0922. The molecular weight excluding hydrogens is 228 g/mol. The third-order valence-electron chi connectivity index (χ3n) is 3.49. The summed E-state index contributed by atoms with van der Waals surface area (Å²) >= 11 is 0. The molecule has 1 aliphatic carbocycles. The number of nitrogens with one attached hydrogen (secondary N) is 2. The number of nitrogens with zero attached hydrogens (tertiary/aromatic N) is 1. The van der Waals surface area contributed by atoms with E-state index in [1.165, 1.54) is 12.8 Å². The van der Waals surface area contributed by atoms with Crippen molar-refractivity contribution in [2.24, 2.45) is 11.8 Å². The predicted octanol–water partition coefficient (Wildman–Crippen LogP) is 1.68. The second-order valence-electron chi connectivity index (χ2n) is 5.01. The maximum Gasteiger partial charge on any atom is 0.253 e. The Morgan fingerprint density at radius 1 is 1.50 bits per heavy atom. The molecule has 4 N–H and O–H groups in total. The normalized spacial score (nSPS) is 23.4. The molecule has 1 aromatic rings. The molecule has 98 valence electrons. The largest absolute Gasteiger partial charge is 0.349 e. The third-order valence-corrected chi connectivity index (χ3v) is 3.49. The summed E-state index contributed by atoms with van der Waals surface area (Å²) in [6.45, 7) is 2.23. The fraction of sp³-hybridized carbons (Fsp3) is 0.538. The highest BCUT2D eigenvalue weighted by Gasteiger charge is 2.21. The molecule has 2 atom stereocenters. The molecule has 0 aromatic carbocycles. The first kappa shape index (κ1) is 12.8. The Hall–Kier alpha value is -1.62. The third kappa shape index (κ3) is 2.98. The van der Waals surface area contributed by atoms with E-state index >= 15 is 0 Å². The molecule has 1 aliphatic rings. The molecule has 2 unspecified atom stereocenters. The van der Waals surface area contributed by atoms with Crippen molar-refractivity contribution in [3.05, 3.63) is 24.0 Å². The van der Waals surface area contributed by atoms with E-state index in [1.54, 1.807) is 18.5 Å². The van der Waals surface area contributed by atoms with Crippen LogP contribution in [0.4, 0.5) is 5.69 Å².